The van der Waals surface area contributed by atoms with Crippen LogP contribution < -0.4 is 5.73 Å². The van der Waals surface area contributed by atoms with E-state index in [1.807, 2.05) is 31.5 Å². The molecule has 102 valence electrons. The summed E-state index contributed by atoms with van der Waals surface area (Å²) in [4.78, 5) is 0. The van der Waals surface area contributed by atoms with Crippen molar-refractivity contribution in [3.8, 4) is 5.69 Å². The molecule has 2 rings (SSSR count). The highest BCUT2D eigenvalue weighted by molar-refractivity contribution is 5.42. The third-order valence-electron chi connectivity index (χ3n) is 3.29. The Balaban J connectivity index is 2.47. The molecule has 0 bridgehead atoms. The maximum Gasteiger partial charge on any atom is 0.123 e. The number of halogens is 1. The monoisotopic (exact) mass is 261 g/mol. The van der Waals surface area contributed by atoms with Crippen molar-refractivity contribution >= 4 is 0 Å². The van der Waals surface area contributed by atoms with Gasteiger partial charge >= 0.3 is 0 Å². The average molecular weight is 261 g/mol. The first-order chi connectivity index (χ1) is 9.01. The molecule has 0 saturated carbocycles. The molecule has 0 amide bonds. The molecule has 0 fully saturated rings. The Morgan fingerprint density at radius 1 is 1.32 bits per heavy atom. The van der Waals surface area contributed by atoms with Crippen LogP contribution in [-0.2, 0) is 6.42 Å². The van der Waals surface area contributed by atoms with Gasteiger partial charge in [0, 0.05) is 11.7 Å². The summed E-state index contributed by atoms with van der Waals surface area (Å²) < 4.78 is 15.3. The SMILES string of the molecule is CCC(N)Cc1cc(F)ccc1-n1nc(C)cc1C. The van der Waals surface area contributed by atoms with Gasteiger partial charge in [0.2, 0.25) is 0 Å². The Bertz CT molecular complexity index is 575. The second kappa shape index (κ2) is 5.53. The van der Waals surface area contributed by atoms with Crippen LogP contribution >= 0.6 is 0 Å². The second-order valence-electron chi connectivity index (χ2n) is 4.98. The topological polar surface area (TPSA) is 43.8 Å². The molecule has 1 unspecified atom stereocenters. The van der Waals surface area contributed by atoms with Gasteiger partial charge in [-0.3, -0.25) is 0 Å². The Morgan fingerprint density at radius 2 is 2.05 bits per heavy atom. The van der Waals surface area contributed by atoms with E-state index in [4.69, 9.17) is 5.73 Å². The first-order valence-corrected chi connectivity index (χ1v) is 6.59. The van der Waals surface area contributed by atoms with E-state index in [0.29, 0.717) is 6.42 Å². The molecule has 1 atom stereocenters. The van der Waals surface area contributed by atoms with Crippen LogP contribution in [-0.4, -0.2) is 15.8 Å². The fourth-order valence-electron chi connectivity index (χ4n) is 2.22. The van der Waals surface area contributed by atoms with Crippen molar-refractivity contribution < 1.29 is 4.39 Å². The number of aromatic nitrogens is 2. The summed E-state index contributed by atoms with van der Waals surface area (Å²) in [5, 5.41) is 4.46. The van der Waals surface area contributed by atoms with Gasteiger partial charge in [-0.1, -0.05) is 6.92 Å². The number of hydrogen-bond donors (Lipinski definition) is 1. The molecule has 2 N–H and O–H groups in total. The molecule has 1 aromatic heterocycles. The van der Waals surface area contributed by atoms with Crippen LogP contribution in [0.1, 0.15) is 30.3 Å². The van der Waals surface area contributed by atoms with E-state index in [-0.39, 0.29) is 11.9 Å². The van der Waals surface area contributed by atoms with Crippen LogP contribution in [0.15, 0.2) is 24.3 Å². The highest BCUT2D eigenvalue weighted by atomic mass is 19.1. The van der Waals surface area contributed by atoms with Crippen molar-refractivity contribution in [3.05, 3.63) is 47.0 Å². The predicted octanol–water partition coefficient (Wildman–Crippen LogP) is 2.91. The van der Waals surface area contributed by atoms with Crippen molar-refractivity contribution in [2.45, 2.75) is 39.7 Å². The fourth-order valence-corrected chi connectivity index (χ4v) is 2.22. The Kier molecular flexibility index (Phi) is 4.00. The molecule has 3 nitrogen and oxygen atoms in total. The van der Waals surface area contributed by atoms with Gasteiger partial charge in [-0.25, -0.2) is 9.07 Å². The molecular formula is C15H20FN3. The van der Waals surface area contributed by atoms with Gasteiger partial charge in [0.1, 0.15) is 5.82 Å². The lowest BCUT2D eigenvalue weighted by Gasteiger charge is -2.14. The minimum absolute atomic E-state index is 0.0394. The number of nitrogens with two attached hydrogens (primary N) is 1. The van der Waals surface area contributed by atoms with Crippen LogP contribution in [0, 0.1) is 19.7 Å². The molecule has 0 saturated heterocycles. The number of nitrogens with zero attached hydrogens (tertiary/aromatic N) is 2. The molecule has 0 spiro atoms. The molecular weight excluding hydrogens is 241 g/mol. The van der Waals surface area contributed by atoms with Gasteiger partial charge < -0.3 is 5.73 Å². The zero-order valence-corrected chi connectivity index (χ0v) is 11.7. The van der Waals surface area contributed by atoms with Gasteiger partial charge in [-0.05, 0) is 56.5 Å². The summed E-state index contributed by atoms with van der Waals surface area (Å²) in [6.07, 6.45) is 1.52. The van der Waals surface area contributed by atoms with E-state index in [0.717, 1.165) is 29.1 Å². The third kappa shape index (κ3) is 3.01. The van der Waals surface area contributed by atoms with E-state index in [2.05, 4.69) is 5.10 Å². The lowest BCUT2D eigenvalue weighted by Crippen LogP contribution is -2.22. The maximum absolute atomic E-state index is 13.5. The number of rotatable bonds is 4. The summed E-state index contributed by atoms with van der Waals surface area (Å²) in [5.74, 6) is -0.233. The van der Waals surface area contributed by atoms with Gasteiger partial charge in [-0.2, -0.15) is 5.10 Å². The fraction of sp³-hybridized carbons (Fsp3) is 0.400. The van der Waals surface area contributed by atoms with Crippen molar-refractivity contribution in [2.24, 2.45) is 5.73 Å². The van der Waals surface area contributed by atoms with Crippen molar-refractivity contribution in [1.29, 1.82) is 0 Å². The minimum Gasteiger partial charge on any atom is -0.327 e. The molecule has 0 aliphatic heterocycles. The Morgan fingerprint density at radius 3 is 2.63 bits per heavy atom. The van der Waals surface area contributed by atoms with Crippen LogP contribution in [0.5, 0.6) is 0 Å². The molecule has 0 aliphatic carbocycles. The lowest BCUT2D eigenvalue weighted by molar-refractivity contribution is 0.611. The van der Waals surface area contributed by atoms with E-state index in [1.165, 1.54) is 6.07 Å². The highest BCUT2D eigenvalue weighted by Crippen LogP contribution is 2.20. The van der Waals surface area contributed by atoms with E-state index in [9.17, 15) is 4.39 Å². The first kappa shape index (κ1) is 13.7. The normalized spacial score (nSPS) is 12.7. The van der Waals surface area contributed by atoms with Crippen molar-refractivity contribution in [2.75, 3.05) is 0 Å². The smallest absolute Gasteiger partial charge is 0.123 e. The third-order valence-corrected chi connectivity index (χ3v) is 3.29. The Labute approximate surface area is 113 Å². The molecule has 4 heteroatoms. The maximum atomic E-state index is 13.5. The molecule has 0 aliphatic rings. The van der Waals surface area contributed by atoms with E-state index < -0.39 is 0 Å². The standard InChI is InChI=1S/C15H20FN3/c1-4-14(17)9-12-8-13(16)5-6-15(12)19-11(3)7-10(2)18-19/h5-8,14H,4,9,17H2,1-3H3. The van der Waals surface area contributed by atoms with Crippen LogP contribution in [0.25, 0.3) is 5.69 Å². The number of benzene rings is 1. The average Bonchev–Trinajstić information content (AvgIpc) is 2.68. The quantitative estimate of drug-likeness (QED) is 0.919. The first-order valence-electron chi connectivity index (χ1n) is 6.59. The summed E-state index contributed by atoms with van der Waals surface area (Å²) in [7, 11) is 0. The summed E-state index contributed by atoms with van der Waals surface area (Å²) in [6, 6.07) is 6.84. The van der Waals surface area contributed by atoms with Crippen molar-refractivity contribution in [3.63, 3.8) is 0 Å². The van der Waals surface area contributed by atoms with Gasteiger partial charge in [0.15, 0.2) is 0 Å². The second-order valence-corrected chi connectivity index (χ2v) is 4.98. The number of hydrogen-bond acceptors (Lipinski definition) is 2. The zero-order chi connectivity index (χ0) is 14.0. The molecule has 2 aromatic rings. The van der Waals surface area contributed by atoms with Crippen LogP contribution in [0.2, 0.25) is 0 Å². The van der Waals surface area contributed by atoms with Gasteiger partial charge in [0.25, 0.3) is 0 Å². The highest BCUT2D eigenvalue weighted by Gasteiger charge is 2.12. The Hall–Kier alpha value is -1.68. The minimum atomic E-state index is -0.233. The van der Waals surface area contributed by atoms with Gasteiger partial charge in [-0.15, -0.1) is 0 Å². The summed E-state index contributed by atoms with van der Waals surface area (Å²) in [6.45, 7) is 5.98. The zero-order valence-electron chi connectivity index (χ0n) is 11.7. The van der Waals surface area contributed by atoms with Crippen molar-refractivity contribution in [1.82, 2.24) is 9.78 Å². The molecule has 1 heterocycles. The summed E-state index contributed by atoms with van der Waals surface area (Å²) in [5.41, 5.74) is 9.80. The predicted molar refractivity (Wildman–Crippen MR) is 75.0 cm³/mol. The van der Waals surface area contributed by atoms with E-state index in [1.54, 1.807) is 12.1 Å². The molecule has 0 radical (unpaired) electrons. The summed E-state index contributed by atoms with van der Waals surface area (Å²) >= 11 is 0. The van der Waals surface area contributed by atoms with Crippen LogP contribution in [0.4, 0.5) is 4.39 Å². The van der Waals surface area contributed by atoms with E-state index >= 15 is 0 Å². The largest absolute Gasteiger partial charge is 0.327 e. The molecule has 1 aromatic carbocycles. The lowest BCUT2D eigenvalue weighted by atomic mass is 10.0. The number of aryl methyl sites for hydroxylation is 2. The van der Waals surface area contributed by atoms with Gasteiger partial charge in [0.05, 0.1) is 11.4 Å². The molecule has 19 heavy (non-hydrogen) atoms. The van der Waals surface area contributed by atoms with Crippen LogP contribution in [0.3, 0.4) is 0 Å².